The third kappa shape index (κ3) is 6.54. The standard InChI is InChI=1S/C31H44N8O2/c1-20(2)35-30(36-21(3)33)27-19-39-12-15-41-28-16-22(7-8-25(28)31(39)37-27)26(17-32)29(34-4)23-6-5-11-38(18-23)24-9-13-40-14-10-24/h7-8,16-17,19-20,23-24H,5-6,9-15,18,32H2,1-4H3,(H2,33,35,36). The summed E-state index contributed by atoms with van der Waals surface area (Å²) >= 11 is 0. The lowest BCUT2D eigenvalue weighted by Crippen LogP contribution is -2.46. The number of likely N-dealkylation sites (tertiary alicyclic amines) is 1. The molecule has 0 radical (unpaired) electrons. The van der Waals surface area contributed by atoms with Crippen LogP contribution in [-0.2, 0) is 11.3 Å². The molecule has 0 aliphatic carbocycles. The summed E-state index contributed by atoms with van der Waals surface area (Å²) in [6, 6.07) is 6.90. The smallest absolute Gasteiger partial charge is 0.177 e. The molecule has 0 amide bonds. The molecule has 0 bridgehead atoms. The van der Waals surface area contributed by atoms with Gasteiger partial charge in [0.1, 0.15) is 23.9 Å². The van der Waals surface area contributed by atoms with E-state index in [9.17, 15) is 0 Å². The largest absolute Gasteiger partial charge is 0.491 e. The number of nitrogens with zero attached hydrogens (tertiary/aromatic N) is 6. The molecule has 1 unspecified atom stereocenters. The number of amidine groups is 2. The maximum absolute atomic E-state index is 6.30. The highest BCUT2D eigenvalue weighted by Gasteiger charge is 2.31. The van der Waals surface area contributed by atoms with Crippen molar-refractivity contribution in [3.8, 4) is 17.1 Å². The van der Waals surface area contributed by atoms with Gasteiger partial charge in [-0.25, -0.2) is 9.98 Å². The second-order valence-electron chi connectivity index (χ2n) is 11.4. The average Bonchev–Trinajstić information content (AvgIpc) is 3.32. The first kappa shape index (κ1) is 29.0. The number of ether oxygens (including phenoxy) is 2. The predicted octanol–water partition coefficient (Wildman–Crippen LogP) is 3.74. The molecule has 1 atom stereocenters. The monoisotopic (exact) mass is 560 g/mol. The SMILES string of the molecule is CN=C(C(=CN)c1ccc2c(c1)OCCn1cc(C(N=C(C)N)=NC(C)C)nc1-2)C1CCCN(C2CCOCC2)C1. The Bertz CT molecular complexity index is 1350. The minimum absolute atomic E-state index is 0.0663. The summed E-state index contributed by atoms with van der Waals surface area (Å²) in [5.41, 5.74) is 16.8. The van der Waals surface area contributed by atoms with E-state index in [0.717, 1.165) is 86.0 Å². The van der Waals surface area contributed by atoms with E-state index in [1.54, 1.807) is 13.1 Å². The van der Waals surface area contributed by atoms with Crippen LogP contribution >= 0.6 is 0 Å². The van der Waals surface area contributed by atoms with Gasteiger partial charge in [-0.3, -0.25) is 14.9 Å². The van der Waals surface area contributed by atoms with Gasteiger partial charge < -0.3 is 25.5 Å². The minimum atomic E-state index is 0.0663. The van der Waals surface area contributed by atoms with Crippen molar-refractivity contribution >= 4 is 23.0 Å². The molecule has 4 N–H and O–H groups in total. The first-order valence-electron chi connectivity index (χ1n) is 14.8. The number of allylic oxidation sites excluding steroid dienone is 1. The summed E-state index contributed by atoms with van der Waals surface area (Å²) in [6.07, 6.45) is 8.16. The Morgan fingerprint density at radius 1 is 1.15 bits per heavy atom. The topological polar surface area (TPSA) is 129 Å². The van der Waals surface area contributed by atoms with Crippen molar-refractivity contribution in [1.29, 1.82) is 0 Å². The third-order valence-corrected chi connectivity index (χ3v) is 8.02. The van der Waals surface area contributed by atoms with Crippen LogP contribution in [0, 0.1) is 5.92 Å². The van der Waals surface area contributed by atoms with Gasteiger partial charge >= 0.3 is 0 Å². The van der Waals surface area contributed by atoms with Gasteiger partial charge in [0.05, 0.1) is 17.9 Å². The molecule has 4 heterocycles. The molecule has 1 aromatic heterocycles. The molecule has 2 saturated heterocycles. The second kappa shape index (κ2) is 13.0. The average molecular weight is 561 g/mol. The van der Waals surface area contributed by atoms with Gasteiger partial charge in [0.15, 0.2) is 5.84 Å². The Hall–Kier alpha value is -3.50. The number of fused-ring (bicyclic) bond motifs is 3. The van der Waals surface area contributed by atoms with Gasteiger partial charge in [-0.2, -0.15) is 0 Å². The van der Waals surface area contributed by atoms with Crippen LogP contribution in [0.3, 0.4) is 0 Å². The number of aliphatic imine (C=N–C) groups is 3. The molecule has 3 aliphatic rings. The molecule has 2 aromatic rings. The molecule has 0 saturated carbocycles. The van der Waals surface area contributed by atoms with E-state index < -0.39 is 0 Å². The number of benzene rings is 1. The van der Waals surface area contributed by atoms with E-state index >= 15 is 0 Å². The summed E-state index contributed by atoms with van der Waals surface area (Å²) < 4.78 is 14.0. The molecule has 10 heteroatoms. The summed E-state index contributed by atoms with van der Waals surface area (Å²) in [4.78, 5) is 21.5. The maximum Gasteiger partial charge on any atom is 0.177 e. The van der Waals surface area contributed by atoms with Gasteiger partial charge in [0.2, 0.25) is 0 Å². The highest BCUT2D eigenvalue weighted by molar-refractivity contribution is 6.25. The molecule has 41 heavy (non-hydrogen) atoms. The summed E-state index contributed by atoms with van der Waals surface area (Å²) in [7, 11) is 1.88. The first-order valence-corrected chi connectivity index (χ1v) is 14.8. The van der Waals surface area contributed by atoms with Crippen LogP contribution in [0.5, 0.6) is 5.75 Å². The van der Waals surface area contributed by atoms with Crippen LogP contribution < -0.4 is 16.2 Å². The molecular weight excluding hydrogens is 516 g/mol. The van der Waals surface area contributed by atoms with Gasteiger partial charge in [0.25, 0.3) is 0 Å². The maximum atomic E-state index is 6.30. The number of aromatic nitrogens is 2. The highest BCUT2D eigenvalue weighted by Crippen LogP contribution is 2.36. The Kier molecular flexibility index (Phi) is 9.19. The van der Waals surface area contributed by atoms with Crippen molar-refractivity contribution in [1.82, 2.24) is 14.5 Å². The second-order valence-corrected chi connectivity index (χ2v) is 11.4. The van der Waals surface area contributed by atoms with Crippen molar-refractivity contribution in [2.75, 3.05) is 40.0 Å². The fourth-order valence-corrected chi connectivity index (χ4v) is 6.18. The van der Waals surface area contributed by atoms with Crippen molar-refractivity contribution in [3.05, 3.63) is 41.9 Å². The molecule has 1 aromatic carbocycles. The van der Waals surface area contributed by atoms with E-state index in [-0.39, 0.29) is 6.04 Å². The molecule has 0 spiro atoms. The van der Waals surface area contributed by atoms with Gasteiger partial charge in [-0.05, 0) is 70.7 Å². The number of imidazole rings is 1. The molecule has 3 aliphatic heterocycles. The Balaban J connectivity index is 1.43. The van der Waals surface area contributed by atoms with Crippen LogP contribution in [-0.4, -0.2) is 83.9 Å². The third-order valence-electron chi connectivity index (χ3n) is 8.02. The van der Waals surface area contributed by atoms with Crippen molar-refractivity contribution < 1.29 is 9.47 Å². The van der Waals surface area contributed by atoms with Crippen LogP contribution in [0.25, 0.3) is 17.0 Å². The van der Waals surface area contributed by atoms with E-state index in [4.69, 9.17) is 30.9 Å². The zero-order valence-electron chi connectivity index (χ0n) is 24.8. The van der Waals surface area contributed by atoms with E-state index in [1.165, 1.54) is 0 Å². The van der Waals surface area contributed by atoms with Gasteiger partial charge in [0, 0.05) is 68.5 Å². The van der Waals surface area contributed by atoms with E-state index in [0.29, 0.717) is 42.5 Å². The Morgan fingerprint density at radius 2 is 1.95 bits per heavy atom. The fraction of sp³-hybridized carbons (Fsp3) is 0.548. The Morgan fingerprint density at radius 3 is 2.66 bits per heavy atom. The number of rotatable bonds is 6. The molecule has 2 fully saturated rings. The summed E-state index contributed by atoms with van der Waals surface area (Å²) in [6.45, 7) is 10.8. The van der Waals surface area contributed by atoms with Crippen LogP contribution in [0.4, 0.5) is 0 Å². The fourth-order valence-electron chi connectivity index (χ4n) is 6.18. The quantitative estimate of drug-likeness (QED) is 0.409. The predicted molar refractivity (Wildman–Crippen MR) is 166 cm³/mol. The van der Waals surface area contributed by atoms with Crippen LogP contribution in [0.2, 0.25) is 0 Å². The van der Waals surface area contributed by atoms with Crippen molar-refractivity contribution in [2.45, 2.75) is 65.1 Å². The Labute approximate surface area is 243 Å². The van der Waals surface area contributed by atoms with Crippen LogP contribution in [0.15, 0.2) is 45.6 Å². The molecule has 220 valence electrons. The van der Waals surface area contributed by atoms with Crippen molar-refractivity contribution in [2.24, 2.45) is 32.4 Å². The number of nitrogens with two attached hydrogens (primary N) is 2. The van der Waals surface area contributed by atoms with Gasteiger partial charge in [-0.15, -0.1) is 0 Å². The molecule has 10 nitrogen and oxygen atoms in total. The zero-order valence-corrected chi connectivity index (χ0v) is 24.8. The zero-order chi connectivity index (χ0) is 28.9. The summed E-state index contributed by atoms with van der Waals surface area (Å²) in [5.74, 6) is 2.92. The van der Waals surface area contributed by atoms with Crippen molar-refractivity contribution in [3.63, 3.8) is 0 Å². The molecular formula is C31H44N8O2. The number of piperidine rings is 1. The van der Waals surface area contributed by atoms with E-state index in [2.05, 4.69) is 37.7 Å². The highest BCUT2D eigenvalue weighted by atomic mass is 16.5. The lowest BCUT2D eigenvalue weighted by atomic mass is 9.85. The minimum Gasteiger partial charge on any atom is -0.491 e. The lowest BCUT2D eigenvalue weighted by molar-refractivity contribution is 0.0232. The normalized spacial score (nSPS) is 21.8. The summed E-state index contributed by atoms with van der Waals surface area (Å²) in [5, 5.41) is 0. The van der Waals surface area contributed by atoms with E-state index in [1.807, 2.05) is 27.1 Å². The number of hydrogen-bond donors (Lipinski definition) is 2. The molecule has 5 rings (SSSR count). The van der Waals surface area contributed by atoms with Gasteiger partial charge in [-0.1, -0.05) is 6.07 Å². The van der Waals surface area contributed by atoms with Crippen LogP contribution in [0.1, 0.15) is 57.7 Å². The lowest BCUT2D eigenvalue weighted by Gasteiger charge is -2.40. The number of hydrogen-bond acceptors (Lipinski definition) is 7. The first-order chi connectivity index (χ1) is 19.9.